The fraction of sp³-hybridized carbons (Fsp3) is 0.286. The average Bonchev–Trinajstić information content (AvgIpc) is 0.783. The van der Waals surface area contributed by atoms with Gasteiger partial charge >= 0.3 is 0 Å². The summed E-state index contributed by atoms with van der Waals surface area (Å²) >= 11 is 76.0. The number of hydrogen-bond donors (Lipinski definition) is 2. The van der Waals surface area contributed by atoms with Crippen molar-refractivity contribution in [2.75, 3.05) is 111 Å². The normalized spacial score (nSPS) is 14.5. The average molecular weight is 2380 g/mol. The summed E-state index contributed by atoms with van der Waals surface area (Å²) in [4.78, 5) is 88.3. The molecular weight excluding hydrogens is 2290 g/mol. The van der Waals surface area contributed by atoms with E-state index in [4.69, 9.17) is 141 Å². The first kappa shape index (κ1) is 118. The van der Waals surface area contributed by atoms with Gasteiger partial charge in [-0.05, 0) is 151 Å². The van der Waals surface area contributed by atoms with Crippen molar-refractivity contribution in [1.82, 2.24) is 47.5 Å². The molecule has 10 aromatic carbocycles. The summed E-state index contributed by atoms with van der Waals surface area (Å²) < 4.78 is 114. The van der Waals surface area contributed by atoms with Crippen molar-refractivity contribution in [3.8, 4) is 0 Å². The van der Waals surface area contributed by atoms with Crippen LogP contribution in [0.3, 0.4) is 0 Å². The van der Waals surface area contributed by atoms with Crippen molar-refractivity contribution in [3.05, 3.63) is 301 Å². The van der Waals surface area contributed by atoms with E-state index >= 15 is 0 Å². The molecule has 776 valence electrons. The van der Waals surface area contributed by atoms with Crippen LogP contribution in [0.2, 0.25) is 45.2 Å². The van der Waals surface area contributed by atoms with Crippen molar-refractivity contribution in [1.29, 1.82) is 0 Å². The molecule has 0 spiro atoms. The van der Waals surface area contributed by atoms with E-state index in [9.17, 15) is 93.8 Å². The van der Waals surface area contributed by atoms with E-state index in [0.717, 1.165) is 88.3 Å². The molecule has 0 atom stereocenters. The number of rotatable bonds is 31. The Kier molecular flexibility index (Phi) is 42.9. The van der Waals surface area contributed by atoms with Gasteiger partial charge < -0.3 is 30.2 Å². The summed E-state index contributed by atoms with van der Waals surface area (Å²) in [6, 6.07) is 47.2. The van der Waals surface area contributed by atoms with Gasteiger partial charge in [0.25, 0.3) is 28.4 Å². The standard InChI is InChI=1S/C24H21Cl3N4O4S3.C24H20Cl2N4O7S2.C22H24Cl2N4O5S3.C21H23Cl2N3O4S3/c25-17-3-1-2-16(12-17)15-28-24(36)29-8-10-30(11-9-29)38(34,35)23-14-19(31(32)33)5-7-21(23)37-22-13-18(26)4-6-20(22)27;25-17-3-7-20(26)22(14-17)38-21-8-6-19(30(34)35)15-23(21)39(36,37)28-11-9-27(10-12-28)24(31)13-16-1-4-18(5-2-16)29(32)33;1-2-17(29)7-8-25-22(34)26-9-11-27(12-10-26)36(32,33)21-14-16(28(30)31)4-6-19(21)35-20-13-15(23)3-5-18(20)24;1-14(2)11-21(31)24-7-9-25(10-8-24)33(29,30)20-13-16(26(27)28)4-6-18(20)32-19-12-15(22)3-5-17(19)23/h1-7,12-14H,8-11,15H2,(H,28,36);1-8,14-15H,9-13H2;3-6,13-14H,2,7-12H2,1H3,(H,25,34);3-6,12-14H,7-11H2,1-2H3. The topological polar surface area (TPSA) is 436 Å². The first-order chi connectivity index (χ1) is 69.0. The maximum atomic E-state index is 13.7. The molecule has 146 heavy (non-hydrogen) atoms. The number of nitrogens with zero attached hydrogens (tertiary/aromatic N) is 13. The summed E-state index contributed by atoms with van der Waals surface area (Å²) in [6.45, 7) is 10.5. The van der Waals surface area contributed by atoms with Crippen LogP contribution in [0.1, 0.15) is 51.2 Å². The number of halogens is 9. The van der Waals surface area contributed by atoms with Gasteiger partial charge in [0, 0.05) is 262 Å². The van der Waals surface area contributed by atoms with E-state index in [-0.39, 0.29) is 136 Å². The third-order valence-electron chi connectivity index (χ3n) is 22.2. The van der Waals surface area contributed by atoms with Crippen LogP contribution in [0.5, 0.6) is 0 Å². The lowest BCUT2D eigenvalue weighted by atomic mass is 10.1. The summed E-state index contributed by atoms with van der Waals surface area (Å²) in [7, 11) is -16.3. The second kappa shape index (κ2) is 53.3. The van der Waals surface area contributed by atoms with E-state index in [1.54, 1.807) is 85.8 Å². The number of nitro benzene ring substituents is 5. The van der Waals surface area contributed by atoms with E-state index in [1.165, 1.54) is 94.9 Å². The summed E-state index contributed by atoms with van der Waals surface area (Å²) in [5.41, 5.74) is 0.145. The van der Waals surface area contributed by atoms with Crippen LogP contribution in [0, 0.1) is 56.5 Å². The summed E-state index contributed by atoms with van der Waals surface area (Å²) in [5, 5.41) is 67.4. The van der Waals surface area contributed by atoms with Crippen molar-refractivity contribution in [2.45, 2.75) is 112 Å². The highest BCUT2D eigenvalue weighted by Crippen LogP contribution is 2.46. The Morgan fingerprint density at radius 3 is 0.932 bits per heavy atom. The quantitative estimate of drug-likeness (QED) is 0.0231. The number of Topliss-reactive ketones (excluding diaryl/α,β-unsaturated/α-hetero) is 1. The molecule has 1 amide bonds. The number of ketones is 1. The molecule has 4 fully saturated rings. The fourth-order valence-corrected chi connectivity index (χ4v) is 29.0. The minimum atomic E-state index is -4.18. The predicted octanol–water partition coefficient (Wildman–Crippen LogP) is 21.5. The number of sulfonamides is 4. The fourth-order valence-electron chi connectivity index (χ4n) is 14.5. The van der Waals surface area contributed by atoms with Gasteiger partial charge in [-0.3, -0.25) is 60.2 Å². The molecule has 4 saturated heterocycles. The molecule has 14 rings (SSSR count). The van der Waals surface area contributed by atoms with Crippen LogP contribution in [0.25, 0.3) is 0 Å². The Balaban J connectivity index is 0.000000186. The molecule has 0 saturated carbocycles. The van der Waals surface area contributed by atoms with E-state index < -0.39 is 64.7 Å². The number of amides is 1. The summed E-state index contributed by atoms with van der Waals surface area (Å²) in [5.74, 6) is 0.302. The molecule has 55 heteroatoms. The Morgan fingerprint density at radius 1 is 0.349 bits per heavy atom. The number of piperazine rings is 4. The highest BCUT2D eigenvalue weighted by atomic mass is 35.5. The molecule has 0 aliphatic carbocycles. The number of non-ortho nitro benzene ring substituents is 5. The minimum Gasteiger partial charge on any atom is -0.364 e. The van der Waals surface area contributed by atoms with Crippen molar-refractivity contribution in [2.24, 2.45) is 5.92 Å². The van der Waals surface area contributed by atoms with Gasteiger partial charge in [-0.25, -0.2) is 33.7 Å². The predicted molar refractivity (Wildman–Crippen MR) is 581 cm³/mol. The van der Waals surface area contributed by atoms with Gasteiger partial charge in [0.15, 0.2) is 10.2 Å². The molecule has 0 aromatic heterocycles. The lowest BCUT2D eigenvalue weighted by molar-refractivity contribution is -0.385. The summed E-state index contributed by atoms with van der Waals surface area (Å²) in [6.07, 6.45) is 1.62. The number of nitro groups is 5. The Bertz CT molecular complexity index is 7120. The van der Waals surface area contributed by atoms with Gasteiger partial charge in [-0.1, -0.05) is 209 Å². The second-order valence-corrected chi connectivity index (χ2v) is 49.5. The van der Waals surface area contributed by atoms with Gasteiger partial charge in [-0.15, -0.1) is 0 Å². The maximum absolute atomic E-state index is 13.7. The van der Waals surface area contributed by atoms with E-state index in [1.807, 2.05) is 32.9 Å². The molecule has 4 heterocycles. The zero-order chi connectivity index (χ0) is 107. The number of carbonyl (C=O) groups excluding carboxylic acids is 2. The highest BCUT2D eigenvalue weighted by molar-refractivity contribution is 8.01. The highest BCUT2D eigenvalue weighted by Gasteiger charge is 2.39. The number of hydrogen-bond acceptors (Lipinski definition) is 27. The van der Waals surface area contributed by atoms with Crippen LogP contribution in [-0.4, -0.2) is 233 Å². The second-order valence-electron chi connectivity index (χ2n) is 32.5. The van der Waals surface area contributed by atoms with Crippen LogP contribution >= 0.6 is 188 Å². The molecule has 35 nitrogen and oxygen atoms in total. The zero-order valence-electron chi connectivity index (χ0n) is 77.0. The van der Waals surface area contributed by atoms with Crippen LogP contribution in [0.4, 0.5) is 28.4 Å². The smallest absolute Gasteiger partial charge is 0.270 e. The van der Waals surface area contributed by atoms with Crippen LogP contribution in [0.15, 0.2) is 253 Å². The van der Waals surface area contributed by atoms with E-state index in [0.29, 0.717) is 166 Å². The van der Waals surface area contributed by atoms with Crippen molar-refractivity contribution in [3.63, 3.8) is 0 Å². The van der Waals surface area contributed by atoms with Crippen molar-refractivity contribution >= 4 is 284 Å². The lowest BCUT2D eigenvalue weighted by Gasteiger charge is -2.36. The molecule has 2 N–H and O–H groups in total. The van der Waals surface area contributed by atoms with Gasteiger partial charge in [-0.2, -0.15) is 17.2 Å². The van der Waals surface area contributed by atoms with E-state index in [2.05, 4.69) is 24.5 Å². The number of benzene rings is 10. The number of nitrogens with one attached hydrogen (secondary N) is 2. The van der Waals surface area contributed by atoms with Crippen LogP contribution < -0.4 is 10.6 Å². The number of thiocarbonyl (C=S) groups is 3. The monoisotopic (exact) mass is 2380 g/mol. The zero-order valence-corrected chi connectivity index (χ0v) is 92.8. The lowest BCUT2D eigenvalue weighted by Crippen LogP contribution is -2.53. The molecule has 4 aliphatic heterocycles. The van der Waals surface area contributed by atoms with Crippen molar-refractivity contribution < 1.29 is 67.9 Å². The van der Waals surface area contributed by atoms with Gasteiger partial charge in [0.1, 0.15) is 25.4 Å². The first-order valence-electron chi connectivity index (χ1n) is 43.8. The molecular formula is C91H88Cl9N15O20S11. The molecule has 0 radical (unpaired) electrons. The first-order valence-corrected chi connectivity index (χ1v) is 57.4. The largest absolute Gasteiger partial charge is 0.364 e. The molecule has 10 aromatic rings. The number of carbonyl (C=O) groups is 2. The molecule has 0 bridgehead atoms. The maximum Gasteiger partial charge on any atom is 0.270 e. The molecule has 0 unspecified atom stereocenters. The third kappa shape index (κ3) is 31.9. The minimum absolute atomic E-state index is 0.0107. The Morgan fingerprint density at radius 2 is 0.637 bits per heavy atom. The van der Waals surface area contributed by atoms with Gasteiger partial charge in [0.05, 0.1) is 56.1 Å². The van der Waals surface area contributed by atoms with Crippen LogP contribution in [-0.2, 0) is 62.6 Å². The Hall–Kier alpha value is -8.74. The molecule has 4 aliphatic rings. The Labute approximate surface area is 919 Å². The van der Waals surface area contributed by atoms with Gasteiger partial charge in [0.2, 0.25) is 46.0 Å². The third-order valence-corrected chi connectivity index (χ3v) is 39.2. The SMILES string of the molecule is CC(C)CC(=S)N1CCN(S(=O)(=O)c2cc([N+](=O)[O-])ccc2Sc2cc(Cl)ccc2Cl)CC1.CCC(=O)CCNC(=S)N1CCN(S(=O)(=O)c2cc([N+](=O)[O-])ccc2Sc2cc(Cl)ccc2Cl)CC1.O=C(Cc1ccc([N+](=O)[O-])cc1)N1CCN(S(=O)(=O)c2cc([N+](=O)[O-])ccc2Sc2cc(Cl)ccc2Cl)CC1.O=[N+]([O-])c1ccc(Sc2cc(Cl)ccc2Cl)c(S(=O)(=O)N2CCN(C(=S)NCc3cccc(Cl)c3)CC2)c1.